The lowest BCUT2D eigenvalue weighted by molar-refractivity contribution is -0.134. The molecule has 5 rings (SSSR count). The maximum Gasteiger partial charge on any atom is 0.239 e. The Morgan fingerprint density at radius 2 is 1.53 bits per heavy atom. The number of nitrogens with one attached hydrogen (secondary N) is 2. The lowest BCUT2D eigenvalue weighted by atomic mass is 9.79. The second kappa shape index (κ2) is 14.4. The van der Waals surface area contributed by atoms with Gasteiger partial charge in [-0.1, -0.05) is 61.7 Å². The van der Waals surface area contributed by atoms with Crippen molar-refractivity contribution in [1.29, 1.82) is 0 Å². The normalized spacial score (nSPS) is 17.7. The molecule has 10 heteroatoms. The summed E-state index contributed by atoms with van der Waals surface area (Å²) in [4.78, 5) is 44.1. The largest absolute Gasteiger partial charge is 0.339 e. The van der Waals surface area contributed by atoms with Gasteiger partial charge in [0, 0.05) is 51.5 Å². The third-order valence-electron chi connectivity index (χ3n) is 8.69. The van der Waals surface area contributed by atoms with E-state index >= 15 is 0 Å². The van der Waals surface area contributed by atoms with Crippen molar-refractivity contribution < 1.29 is 14.4 Å². The minimum absolute atomic E-state index is 0.00883. The Kier molecular flexibility index (Phi) is 10.2. The summed E-state index contributed by atoms with van der Waals surface area (Å²) in [5, 5.41) is 9.95. The zero-order chi connectivity index (χ0) is 30.2. The highest BCUT2D eigenvalue weighted by molar-refractivity contribution is 6.10. The first-order valence-corrected chi connectivity index (χ1v) is 15.4. The molecule has 1 aliphatic heterocycles. The van der Waals surface area contributed by atoms with Crippen molar-refractivity contribution in [2.45, 2.75) is 51.1 Å². The van der Waals surface area contributed by atoms with Crippen LogP contribution in [0.1, 0.15) is 43.2 Å². The van der Waals surface area contributed by atoms with E-state index in [-0.39, 0.29) is 23.6 Å². The molecule has 0 spiro atoms. The van der Waals surface area contributed by atoms with Gasteiger partial charge < -0.3 is 21.3 Å². The maximum atomic E-state index is 13.5. The van der Waals surface area contributed by atoms with Gasteiger partial charge >= 0.3 is 0 Å². The number of piperazine rings is 1. The van der Waals surface area contributed by atoms with Crippen molar-refractivity contribution in [1.82, 2.24) is 19.6 Å². The molecule has 2 atom stereocenters. The van der Waals surface area contributed by atoms with Gasteiger partial charge in [0.2, 0.25) is 17.7 Å². The average molecular weight is 586 g/mol. The summed E-state index contributed by atoms with van der Waals surface area (Å²) in [5.41, 5.74) is 9.15. The van der Waals surface area contributed by atoms with E-state index in [4.69, 9.17) is 5.73 Å². The quantitative estimate of drug-likeness (QED) is 0.313. The Morgan fingerprint density at radius 3 is 2.19 bits per heavy atom. The first kappa shape index (κ1) is 30.4. The van der Waals surface area contributed by atoms with Crippen LogP contribution in [0.5, 0.6) is 0 Å². The number of hydrogen-bond acceptors (Lipinski definition) is 6. The first-order chi connectivity index (χ1) is 20.9. The fraction of sp³-hybridized carbons (Fsp3) is 0.455. The van der Waals surface area contributed by atoms with Gasteiger partial charge in [-0.15, -0.1) is 0 Å². The van der Waals surface area contributed by atoms with Gasteiger partial charge in [0.05, 0.1) is 12.2 Å². The Hall–Kier alpha value is -4.02. The Labute approximate surface area is 253 Å². The van der Waals surface area contributed by atoms with E-state index in [0.717, 1.165) is 57.3 Å². The van der Waals surface area contributed by atoms with Crippen LogP contribution in [0.3, 0.4) is 0 Å². The van der Waals surface area contributed by atoms with Crippen LogP contribution in [0.25, 0.3) is 0 Å². The smallest absolute Gasteiger partial charge is 0.239 e. The summed E-state index contributed by atoms with van der Waals surface area (Å²) in [7, 11) is 1.75. The summed E-state index contributed by atoms with van der Waals surface area (Å²) in [5.74, 6) is -0.901. The number of aromatic nitrogens is 2. The van der Waals surface area contributed by atoms with Crippen molar-refractivity contribution in [2.75, 3.05) is 36.8 Å². The van der Waals surface area contributed by atoms with Gasteiger partial charge in [-0.05, 0) is 48.4 Å². The lowest BCUT2D eigenvalue weighted by Crippen LogP contribution is -2.53. The Balaban J connectivity index is 1.13. The molecule has 0 unspecified atom stereocenters. The third kappa shape index (κ3) is 8.09. The van der Waals surface area contributed by atoms with E-state index in [2.05, 4.69) is 32.8 Å². The van der Waals surface area contributed by atoms with Gasteiger partial charge in [0.15, 0.2) is 0 Å². The minimum Gasteiger partial charge on any atom is -0.339 e. The molecule has 1 saturated heterocycles. The van der Waals surface area contributed by atoms with Crippen LogP contribution in [0.4, 0.5) is 11.5 Å². The molecule has 2 heterocycles. The molecule has 228 valence electrons. The number of rotatable bonds is 10. The molecule has 0 bridgehead atoms. The molecule has 43 heavy (non-hydrogen) atoms. The van der Waals surface area contributed by atoms with Crippen molar-refractivity contribution in [3.05, 3.63) is 78.0 Å². The van der Waals surface area contributed by atoms with E-state index < -0.39 is 12.0 Å². The number of nitrogens with zero attached hydrogens (tertiary/aromatic N) is 4. The topological polar surface area (TPSA) is 126 Å². The zero-order valence-electron chi connectivity index (χ0n) is 25.0. The number of carbonyl (C=O) groups is 3. The predicted molar refractivity (Wildman–Crippen MR) is 167 cm³/mol. The summed E-state index contributed by atoms with van der Waals surface area (Å²) < 4.78 is 1.58. The fourth-order valence-corrected chi connectivity index (χ4v) is 6.20. The van der Waals surface area contributed by atoms with E-state index in [1.54, 1.807) is 24.0 Å². The van der Waals surface area contributed by atoms with Crippen LogP contribution < -0.4 is 16.4 Å². The molecule has 3 aromatic rings. The maximum absolute atomic E-state index is 13.5. The lowest BCUT2D eigenvalue weighted by Gasteiger charge is -2.36. The van der Waals surface area contributed by atoms with Gasteiger partial charge in [0.1, 0.15) is 11.7 Å². The number of hydrogen-bond donors (Lipinski definition) is 3. The minimum atomic E-state index is -0.797. The van der Waals surface area contributed by atoms with Gasteiger partial charge in [0.25, 0.3) is 0 Å². The molecule has 1 aliphatic carbocycles. The number of amides is 3. The van der Waals surface area contributed by atoms with E-state index in [9.17, 15) is 14.4 Å². The van der Waals surface area contributed by atoms with Gasteiger partial charge in [-0.2, -0.15) is 5.10 Å². The Morgan fingerprint density at radius 1 is 0.860 bits per heavy atom. The second-order valence-electron chi connectivity index (χ2n) is 11.8. The average Bonchev–Trinajstić information content (AvgIpc) is 3.43. The highest BCUT2D eigenvalue weighted by Gasteiger charge is 2.36. The van der Waals surface area contributed by atoms with Crippen LogP contribution in [0.15, 0.2) is 66.9 Å². The highest BCUT2D eigenvalue weighted by atomic mass is 16.2. The predicted octanol–water partition coefficient (Wildman–Crippen LogP) is 3.41. The standard InChI is InChI=1S/C33H43N7O3/c1-38-29(16-17-35-38)37-32(42)30(26-10-6-3-7-11-26)31(41)36-27-14-12-24(13-15-27)22-28(34)33(43)40-20-18-39(19-21-40)23-25-8-4-2-5-9-25/h2,4-5,8-9,12-17,26,28,30H,3,6-7,10-11,18-23,34H2,1H3,(H,36,41)(H,37,42)/t28-,30+/m1/s1. The zero-order valence-corrected chi connectivity index (χ0v) is 25.0. The molecular weight excluding hydrogens is 542 g/mol. The molecule has 4 N–H and O–H groups in total. The number of benzene rings is 2. The molecule has 1 saturated carbocycles. The molecular formula is C33H43N7O3. The van der Waals surface area contributed by atoms with Crippen LogP contribution in [0, 0.1) is 11.8 Å². The van der Waals surface area contributed by atoms with Crippen LogP contribution in [-0.2, 0) is 34.4 Å². The fourth-order valence-electron chi connectivity index (χ4n) is 6.20. The summed E-state index contributed by atoms with van der Waals surface area (Å²) >= 11 is 0. The van der Waals surface area contributed by atoms with Crippen LogP contribution in [0.2, 0.25) is 0 Å². The molecule has 2 aromatic carbocycles. The molecule has 1 aromatic heterocycles. The van der Waals surface area contributed by atoms with Crippen molar-refractivity contribution in [2.24, 2.45) is 24.6 Å². The highest BCUT2D eigenvalue weighted by Crippen LogP contribution is 2.32. The van der Waals surface area contributed by atoms with Gasteiger partial charge in [-0.3, -0.25) is 24.0 Å². The second-order valence-corrected chi connectivity index (χ2v) is 11.8. The summed E-state index contributed by atoms with van der Waals surface area (Å²) in [6.07, 6.45) is 6.89. The van der Waals surface area contributed by atoms with Crippen molar-refractivity contribution in [3.8, 4) is 0 Å². The van der Waals surface area contributed by atoms with E-state index in [0.29, 0.717) is 31.0 Å². The van der Waals surface area contributed by atoms with Crippen LogP contribution >= 0.6 is 0 Å². The van der Waals surface area contributed by atoms with E-state index in [1.807, 2.05) is 47.4 Å². The molecule has 2 aliphatic rings. The molecule has 3 amide bonds. The molecule has 10 nitrogen and oxygen atoms in total. The van der Waals surface area contributed by atoms with Crippen molar-refractivity contribution in [3.63, 3.8) is 0 Å². The number of nitrogens with two attached hydrogens (primary N) is 1. The monoisotopic (exact) mass is 585 g/mol. The van der Waals surface area contributed by atoms with Crippen LogP contribution in [-0.4, -0.2) is 69.5 Å². The number of aryl methyl sites for hydroxylation is 1. The van der Waals surface area contributed by atoms with Gasteiger partial charge in [-0.25, -0.2) is 0 Å². The Bertz CT molecular complexity index is 1360. The number of carbonyl (C=O) groups excluding carboxylic acids is 3. The third-order valence-corrected chi connectivity index (χ3v) is 8.69. The molecule has 2 fully saturated rings. The van der Waals surface area contributed by atoms with Crippen molar-refractivity contribution >= 4 is 29.2 Å². The van der Waals surface area contributed by atoms with E-state index in [1.165, 1.54) is 5.56 Å². The summed E-state index contributed by atoms with van der Waals surface area (Å²) in [6, 6.07) is 18.8. The SMILES string of the molecule is Cn1nccc1NC(=O)[C@H](C(=O)Nc1ccc(C[C@@H](N)C(=O)N2CCN(Cc3ccccc3)CC2)cc1)C1CCCCC1. The first-order valence-electron chi connectivity index (χ1n) is 15.4. The number of anilines is 2. The summed E-state index contributed by atoms with van der Waals surface area (Å²) in [6.45, 7) is 3.86. The molecule has 0 radical (unpaired) electrons.